The number of hydrogen-bond acceptors (Lipinski definition) is 5. The summed E-state index contributed by atoms with van der Waals surface area (Å²) in [6.07, 6.45) is 4.30. The molecule has 3 rings (SSSR count). The van der Waals surface area contributed by atoms with Crippen LogP contribution in [0.4, 0.5) is 0 Å². The second kappa shape index (κ2) is 4.70. The van der Waals surface area contributed by atoms with Crippen LogP contribution in [-0.4, -0.2) is 15.0 Å². The molecule has 2 heterocycles. The maximum atomic E-state index is 5.69. The van der Waals surface area contributed by atoms with E-state index in [0.29, 0.717) is 10.8 Å². The van der Waals surface area contributed by atoms with E-state index in [9.17, 15) is 0 Å². The Bertz CT molecular complexity index is 630. The fraction of sp³-hybridized carbons (Fsp3) is 0.154. The van der Waals surface area contributed by atoms with Crippen LogP contribution in [0.15, 0.2) is 36.7 Å². The highest BCUT2D eigenvalue weighted by Gasteiger charge is 2.07. The Morgan fingerprint density at radius 1 is 1.11 bits per heavy atom. The highest BCUT2D eigenvalue weighted by atomic mass is 32.1. The number of rotatable bonds is 3. The molecule has 0 N–H and O–H groups in total. The quantitative estimate of drug-likeness (QED) is 0.721. The van der Waals surface area contributed by atoms with Crippen molar-refractivity contribution in [3.8, 4) is 10.9 Å². The molecule has 0 aliphatic heterocycles. The van der Waals surface area contributed by atoms with Crippen molar-refractivity contribution in [1.29, 1.82) is 0 Å². The predicted molar refractivity (Wildman–Crippen MR) is 71.1 cm³/mol. The lowest BCUT2D eigenvalue weighted by Gasteiger charge is -2.01. The second-order valence-electron chi connectivity index (χ2n) is 3.76. The normalized spacial score (nSPS) is 10.7. The van der Waals surface area contributed by atoms with Crippen molar-refractivity contribution >= 4 is 21.8 Å². The molecule has 0 aliphatic carbocycles. The molecule has 3 aromatic rings. The Balaban J connectivity index is 1.86. The van der Waals surface area contributed by atoms with Gasteiger partial charge in [0.25, 0.3) is 5.19 Å². The average Bonchev–Trinajstić information content (AvgIpc) is 2.82. The molecule has 0 spiro atoms. The molecule has 1 aromatic carbocycles. The van der Waals surface area contributed by atoms with Gasteiger partial charge in [-0.3, -0.25) is 0 Å². The molecule has 0 saturated heterocycles. The van der Waals surface area contributed by atoms with Crippen LogP contribution in [0.3, 0.4) is 0 Å². The van der Waals surface area contributed by atoms with E-state index in [2.05, 4.69) is 34.0 Å². The Morgan fingerprint density at radius 3 is 2.61 bits per heavy atom. The van der Waals surface area contributed by atoms with E-state index in [4.69, 9.17) is 4.74 Å². The van der Waals surface area contributed by atoms with Gasteiger partial charge in [0.1, 0.15) is 5.75 Å². The van der Waals surface area contributed by atoms with Crippen LogP contribution in [0.1, 0.15) is 12.5 Å². The van der Waals surface area contributed by atoms with Gasteiger partial charge in [-0.05, 0) is 24.1 Å². The van der Waals surface area contributed by atoms with Crippen LogP contribution >= 0.6 is 11.3 Å². The fourth-order valence-electron chi connectivity index (χ4n) is 1.60. The molecular weight excluding hydrogens is 246 g/mol. The van der Waals surface area contributed by atoms with E-state index >= 15 is 0 Å². The maximum Gasteiger partial charge on any atom is 0.282 e. The van der Waals surface area contributed by atoms with Gasteiger partial charge in [0.05, 0.1) is 0 Å². The lowest BCUT2D eigenvalue weighted by Crippen LogP contribution is -1.84. The summed E-state index contributed by atoms with van der Waals surface area (Å²) in [4.78, 5) is 13.4. The van der Waals surface area contributed by atoms with Crippen LogP contribution in [0, 0.1) is 0 Å². The molecule has 90 valence electrons. The Hall–Kier alpha value is -2.01. The van der Waals surface area contributed by atoms with Crippen LogP contribution < -0.4 is 4.74 Å². The van der Waals surface area contributed by atoms with E-state index in [1.54, 1.807) is 12.4 Å². The second-order valence-corrected chi connectivity index (χ2v) is 4.70. The fourth-order valence-corrected chi connectivity index (χ4v) is 2.33. The molecule has 0 saturated carbocycles. The summed E-state index contributed by atoms with van der Waals surface area (Å²) in [6, 6.07) is 8.01. The van der Waals surface area contributed by atoms with Crippen LogP contribution in [-0.2, 0) is 6.42 Å². The standard InChI is InChI=1S/C13H11N3OS/c1-2-9-3-5-10(6-4-9)17-13-16-11-12(18-13)15-8-7-14-11/h3-8H,2H2,1H3. The summed E-state index contributed by atoms with van der Waals surface area (Å²) in [6.45, 7) is 2.13. The first kappa shape index (κ1) is 11.1. The summed E-state index contributed by atoms with van der Waals surface area (Å²) in [5.41, 5.74) is 1.91. The third-order valence-electron chi connectivity index (χ3n) is 2.56. The topological polar surface area (TPSA) is 47.9 Å². The van der Waals surface area contributed by atoms with Crippen molar-refractivity contribution in [2.75, 3.05) is 0 Å². The first-order valence-electron chi connectivity index (χ1n) is 5.69. The average molecular weight is 257 g/mol. The van der Waals surface area contributed by atoms with Gasteiger partial charge in [0, 0.05) is 12.4 Å². The smallest absolute Gasteiger partial charge is 0.282 e. The number of thiazole rings is 1. The summed E-state index contributed by atoms with van der Waals surface area (Å²) in [7, 11) is 0. The van der Waals surface area contributed by atoms with Gasteiger partial charge in [-0.25, -0.2) is 9.97 Å². The maximum absolute atomic E-state index is 5.69. The molecule has 2 aromatic heterocycles. The third-order valence-corrected chi connectivity index (χ3v) is 3.40. The molecule has 0 bridgehead atoms. The van der Waals surface area contributed by atoms with Crippen molar-refractivity contribution in [3.63, 3.8) is 0 Å². The number of aryl methyl sites for hydroxylation is 1. The summed E-state index contributed by atoms with van der Waals surface area (Å²) in [5.74, 6) is 0.784. The van der Waals surface area contributed by atoms with Crippen molar-refractivity contribution in [3.05, 3.63) is 42.2 Å². The molecule has 4 nitrogen and oxygen atoms in total. The number of fused-ring (bicyclic) bond motifs is 1. The van der Waals surface area contributed by atoms with E-state index in [1.807, 2.05) is 12.1 Å². The zero-order valence-corrected chi connectivity index (χ0v) is 10.6. The summed E-state index contributed by atoms with van der Waals surface area (Å²) < 4.78 is 5.69. The number of ether oxygens (including phenoxy) is 1. The first-order chi connectivity index (χ1) is 8.85. The minimum atomic E-state index is 0.570. The zero-order valence-electron chi connectivity index (χ0n) is 9.83. The number of nitrogens with zero attached hydrogens (tertiary/aromatic N) is 3. The lowest BCUT2D eigenvalue weighted by molar-refractivity contribution is 0.479. The van der Waals surface area contributed by atoms with Crippen molar-refractivity contribution in [2.45, 2.75) is 13.3 Å². The van der Waals surface area contributed by atoms with Gasteiger partial charge in [-0.15, -0.1) is 0 Å². The minimum Gasteiger partial charge on any atom is -0.431 e. The first-order valence-corrected chi connectivity index (χ1v) is 6.51. The molecular formula is C13H11N3OS. The number of hydrogen-bond donors (Lipinski definition) is 0. The molecule has 0 aliphatic rings. The molecule has 5 heteroatoms. The minimum absolute atomic E-state index is 0.570. The van der Waals surface area contributed by atoms with Crippen molar-refractivity contribution in [2.24, 2.45) is 0 Å². The Kier molecular flexibility index (Phi) is 2.90. The third kappa shape index (κ3) is 2.17. The molecule has 18 heavy (non-hydrogen) atoms. The lowest BCUT2D eigenvalue weighted by atomic mass is 10.2. The monoisotopic (exact) mass is 257 g/mol. The highest BCUT2D eigenvalue weighted by Crippen LogP contribution is 2.28. The molecule has 0 atom stereocenters. The molecule has 0 unspecified atom stereocenters. The van der Waals surface area contributed by atoms with Gasteiger partial charge in [0.2, 0.25) is 0 Å². The van der Waals surface area contributed by atoms with Gasteiger partial charge in [-0.1, -0.05) is 30.4 Å². The van der Waals surface area contributed by atoms with Gasteiger partial charge < -0.3 is 4.74 Å². The SMILES string of the molecule is CCc1ccc(Oc2nc3nccnc3s2)cc1. The van der Waals surface area contributed by atoms with Gasteiger partial charge in [0.15, 0.2) is 10.5 Å². The highest BCUT2D eigenvalue weighted by molar-refractivity contribution is 7.19. The van der Waals surface area contributed by atoms with Crippen molar-refractivity contribution in [1.82, 2.24) is 15.0 Å². The van der Waals surface area contributed by atoms with E-state index in [-0.39, 0.29) is 0 Å². The zero-order chi connectivity index (χ0) is 12.4. The Labute approximate surface area is 108 Å². The van der Waals surface area contributed by atoms with E-state index in [1.165, 1.54) is 16.9 Å². The largest absolute Gasteiger partial charge is 0.431 e. The van der Waals surface area contributed by atoms with E-state index in [0.717, 1.165) is 17.0 Å². The molecule has 0 amide bonds. The summed E-state index contributed by atoms with van der Waals surface area (Å²) >= 11 is 1.40. The molecule has 0 radical (unpaired) electrons. The number of benzene rings is 1. The summed E-state index contributed by atoms with van der Waals surface area (Å²) in [5, 5.41) is 0.570. The van der Waals surface area contributed by atoms with Crippen molar-refractivity contribution < 1.29 is 4.74 Å². The number of aromatic nitrogens is 3. The van der Waals surface area contributed by atoms with E-state index < -0.39 is 0 Å². The van der Waals surface area contributed by atoms with Gasteiger partial charge >= 0.3 is 0 Å². The Morgan fingerprint density at radius 2 is 1.89 bits per heavy atom. The molecule has 0 fully saturated rings. The van der Waals surface area contributed by atoms with Gasteiger partial charge in [-0.2, -0.15) is 4.98 Å². The predicted octanol–water partition coefficient (Wildman–Crippen LogP) is 3.44. The van der Waals surface area contributed by atoms with Crippen LogP contribution in [0.25, 0.3) is 10.5 Å². The van der Waals surface area contributed by atoms with Crippen LogP contribution in [0.2, 0.25) is 0 Å². The van der Waals surface area contributed by atoms with Crippen LogP contribution in [0.5, 0.6) is 10.9 Å².